The Morgan fingerprint density at radius 2 is 1.24 bits per heavy atom. The van der Waals surface area contributed by atoms with Crippen LogP contribution in [-0.4, -0.2) is 78.2 Å². The summed E-state index contributed by atoms with van der Waals surface area (Å²) in [7, 11) is 0. The number of hydrogen-bond donors (Lipinski definition) is 1. The minimum absolute atomic E-state index is 0.0443. The van der Waals surface area contributed by atoms with Gasteiger partial charge in [0.05, 0.1) is 0 Å². The van der Waals surface area contributed by atoms with Crippen LogP contribution < -0.4 is 0 Å². The molecule has 10 nitrogen and oxygen atoms in total. The van der Waals surface area contributed by atoms with Gasteiger partial charge in [-0.3, -0.25) is 4.79 Å². The Balaban J connectivity index is 0.000000174. The Hall–Kier alpha value is -2.09. The van der Waals surface area contributed by atoms with Crippen molar-refractivity contribution in [1.29, 1.82) is 0 Å². The summed E-state index contributed by atoms with van der Waals surface area (Å²) in [6, 6.07) is 0.257. The standard InChI is InChI=1S/C16H24N2O3S.C12H19NO3.C4H4BrNS/c1-10-9-22-13(17-10)16(20)7-11-5-6-12(8-16)18(11)14(19)21-15(2,3)4;1-12(2,3)16-11(15)13-8-4-5-9(13)7-10(14)6-8;1-3-2-7-4(5)6-3/h9,11-12,20H,5-8H2,1-4H3;8-9H,4-7H2,1-3H3;2H,1H3. The van der Waals surface area contributed by atoms with Gasteiger partial charge in [0.25, 0.3) is 0 Å². The van der Waals surface area contributed by atoms with Gasteiger partial charge in [0.15, 0.2) is 3.92 Å². The number of nitrogens with zero attached hydrogens (tertiary/aromatic N) is 4. The number of aryl methyl sites for hydroxylation is 2. The number of halogens is 1. The minimum atomic E-state index is -0.900. The van der Waals surface area contributed by atoms with E-state index in [-0.39, 0.29) is 42.1 Å². The number of carbonyl (C=O) groups excluding carboxylic acids is 3. The molecule has 4 fully saturated rings. The van der Waals surface area contributed by atoms with Gasteiger partial charge in [0.2, 0.25) is 0 Å². The SMILES string of the molecule is CC(C)(C)OC(=O)N1C2CCC1CC(=O)C2.Cc1csc(Br)n1.Cc1csc(C2(O)CC3CCC(C2)N3C(=O)OC(C)(C)C)n1. The van der Waals surface area contributed by atoms with Crippen LogP contribution in [0.3, 0.4) is 0 Å². The Labute approximate surface area is 283 Å². The van der Waals surface area contributed by atoms with E-state index in [1.54, 1.807) is 16.2 Å². The summed E-state index contributed by atoms with van der Waals surface area (Å²) in [5.41, 5.74) is 0.171. The number of rotatable bonds is 1. The summed E-state index contributed by atoms with van der Waals surface area (Å²) in [5.74, 6) is 0.285. The van der Waals surface area contributed by atoms with Crippen LogP contribution in [0.15, 0.2) is 14.7 Å². The van der Waals surface area contributed by atoms with Crippen LogP contribution in [0.25, 0.3) is 0 Å². The number of aromatic nitrogens is 2. The molecular weight excluding hydrogens is 680 g/mol. The Morgan fingerprint density at radius 1 is 0.822 bits per heavy atom. The molecule has 6 heterocycles. The quantitative estimate of drug-likeness (QED) is 0.320. The number of thiazole rings is 2. The first-order valence-corrected chi connectivity index (χ1v) is 18.2. The van der Waals surface area contributed by atoms with E-state index in [9.17, 15) is 19.5 Å². The molecule has 0 saturated carbocycles. The van der Waals surface area contributed by atoms with Crippen LogP contribution in [0.5, 0.6) is 0 Å². The fraction of sp³-hybridized carbons (Fsp3) is 0.719. The highest BCUT2D eigenvalue weighted by molar-refractivity contribution is 9.11. The average molecular weight is 728 g/mol. The molecule has 0 spiro atoms. The first-order valence-electron chi connectivity index (χ1n) is 15.6. The van der Waals surface area contributed by atoms with Crippen molar-refractivity contribution < 1.29 is 29.0 Å². The third kappa shape index (κ3) is 9.48. The van der Waals surface area contributed by atoms with Crippen LogP contribution in [-0.2, 0) is 19.9 Å². The van der Waals surface area contributed by atoms with Gasteiger partial charge in [-0.05, 0) is 97.0 Å². The maximum Gasteiger partial charge on any atom is 0.410 e. The Bertz CT molecular complexity index is 1320. The zero-order valence-electron chi connectivity index (χ0n) is 27.6. The fourth-order valence-corrected chi connectivity index (χ4v) is 8.48. The van der Waals surface area contributed by atoms with E-state index in [1.165, 1.54) is 11.3 Å². The molecule has 250 valence electrons. The smallest absolute Gasteiger partial charge is 0.410 e. The predicted molar refractivity (Wildman–Crippen MR) is 179 cm³/mol. The van der Waals surface area contributed by atoms with Crippen LogP contribution in [0, 0.1) is 13.8 Å². The number of aliphatic hydroxyl groups is 1. The van der Waals surface area contributed by atoms with Crippen molar-refractivity contribution in [2.24, 2.45) is 0 Å². The second kappa shape index (κ2) is 13.9. The van der Waals surface area contributed by atoms with E-state index >= 15 is 0 Å². The average Bonchev–Trinajstić information content (AvgIpc) is 3.63. The van der Waals surface area contributed by atoms with Crippen molar-refractivity contribution >= 4 is 56.6 Å². The number of carbonyl (C=O) groups is 3. The van der Waals surface area contributed by atoms with Gasteiger partial charge in [0, 0.05) is 72.0 Å². The zero-order chi connectivity index (χ0) is 33.3. The van der Waals surface area contributed by atoms with Gasteiger partial charge in [-0.25, -0.2) is 19.6 Å². The van der Waals surface area contributed by atoms with Crippen molar-refractivity contribution in [3.8, 4) is 0 Å². The summed E-state index contributed by atoms with van der Waals surface area (Å²) < 4.78 is 11.9. The van der Waals surface area contributed by atoms with E-state index in [4.69, 9.17) is 9.47 Å². The molecule has 6 rings (SSSR count). The Morgan fingerprint density at radius 3 is 1.60 bits per heavy atom. The molecule has 0 aliphatic carbocycles. The molecule has 1 N–H and O–H groups in total. The maximum absolute atomic E-state index is 12.4. The van der Waals surface area contributed by atoms with Crippen molar-refractivity contribution in [2.45, 2.75) is 148 Å². The molecule has 2 amide bonds. The third-order valence-electron chi connectivity index (χ3n) is 8.13. The number of Topliss-reactive ketones (excluding diaryl/α,β-unsaturated/α-hetero) is 1. The molecule has 0 radical (unpaired) electrons. The van der Waals surface area contributed by atoms with Crippen molar-refractivity contribution in [3.05, 3.63) is 31.1 Å². The van der Waals surface area contributed by atoms with E-state index in [1.807, 2.05) is 71.0 Å². The molecule has 4 unspecified atom stereocenters. The van der Waals surface area contributed by atoms with Crippen LogP contribution >= 0.6 is 38.6 Å². The minimum Gasteiger partial charge on any atom is -0.444 e. The summed E-state index contributed by atoms with van der Waals surface area (Å²) in [5, 5.41) is 15.8. The lowest BCUT2D eigenvalue weighted by Gasteiger charge is -2.43. The van der Waals surface area contributed by atoms with Crippen LogP contribution in [0.4, 0.5) is 9.59 Å². The number of hydrogen-bond acceptors (Lipinski definition) is 10. The van der Waals surface area contributed by atoms with Gasteiger partial charge >= 0.3 is 12.2 Å². The van der Waals surface area contributed by atoms with Crippen molar-refractivity contribution in [2.75, 3.05) is 0 Å². The van der Waals surface area contributed by atoms with Crippen LogP contribution in [0.2, 0.25) is 0 Å². The number of ether oxygens (including phenoxy) is 2. The van der Waals surface area contributed by atoms with Gasteiger partial charge in [-0.2, -0.15) is 0 Å². The highest BCUT2D eigenvalue weighted by Crippen LogP contribution is 2.47. The van der Waals surface area contributed by atoms with Crippen molar-refractivity contribution in [1.82, 2.24) is 19.8 Å². The number of piperidine rings is 2. The predicted octanol–water partition coefficient (Wildman–Crippen LogP) is 7.53. The summed E-state index contributed by atoms with van der Waals surface area (Å²) >= 11 is 6.36. The molecule has 4 aliphatic heterocycles. The first-order chi connectivity index (χ1) is 20.8. The highest BCUT2D eigenvalue weighted by atomic mass is 79.9. The topological polar surface area (TPSA) is 122 Å². The van der Waals surface area contributed by atoms with E-state index in [0.29, 0.717) is 25.7 Å². The van der Waals surface area contributed by atoms with Gasteiger partial charge in [0.1, 0.15) is 27.6 Å². The number of amides is 2. The summed E-state index contributed by atoms with van der Waals surface area (Å²) in [6.07, 6.45) is 5.35. The zero-order valence-corrected chi connectivity index (χ0v) is 30.8. The molecule has 2 aromatic rings. The van der Waals surface area contributed by atoms with E-state index in [0.717, 1.165) is 46.0 Å². The normalized spacial score (nSPS) is 27.3. The number of fused-ring (bicyclic) bond motifs is 4. The lowest BCUT2D eigenvalue weighted by Crippen LogP contribution is -2.53. The monoisotopic (exact) mass is 726 g/mol. The molecule has 4 aliphatic rings. The van der Waals surface area contributed by atoms with Gasteiger partial charge < -0.3 is 24.4 Å². The molecule has 13 heteroatoms. The van der Waals surface area contributed by atoms with E-state index < -0.39 is 16.8 Å². The van der Waals surface area contributed by atoms with Crippen LogP contribution in [0.1, 0.15) is 109 Å². The molecule has 0 aromatic carbocycles. The second-order valence-electron chi connectivity index (χ2n) is 14.5. The van der Waals surface area contributed by atoms with Gasteiger partial charge in [-0.1, -0.05) is 0 Å². The maximum atomic E-state index is 12.4. The highest BCUT2D eigenvalue weighted by Gasteiger charge is 2.52. The number of ketones is 1. The molecule has 4 atom stereocenters. The lowest BCUT2D eigenvalue weighted by atomic mass is 9.87. The fourth-order valence-electron chi connectivity index (χ4n) is 6.49. The molecule has 4 bridgehead atoms. The first kappa shape index (κ1) is 35.8. The largest absolute Gasteiger partial charge is 0.444 e. The third-order valence-corrected chi connectivity index (χ3v) is 10.8. The van der Waals surface area contributed by atoms with E-state index in [2.05, 4.69) is 25.9 Å². The molecule has 2 aromatic heterocycles. The van der Waals surface area contributed by atoms with Crippen molar-refractivity contribution in [3.63, 3.8) is 0 Å². The van der Waals surface area contributed by atoms with Gasteiger partial charge in [-0.15, -0.1) is 22.7 Å². The molecule has 45 heavy (non-hydrogen) atoms. The second-order valence-corrected chi connectivity index (χ2v) is 17.5. The molecular formula is C32H47BrN4O6S2. The molecule has 4 saturated heterocycles. The summed E-state index contributed by atoms with van der Waals surface area (Å²) in [6.45, 7) is 15.1. The lowest BCUT2D eigenvalue weighted by molar-refractivity contribution is -0.123. The Kier molecular flexibility index (Phi) is 11.1. The summed E-state index contributed by atoms with van der Waals surface area (Å²) in [4.78, 5) is 48.0.